The van der Waals surface area contributed by atoms with E-state index in [9.17, 15) is 18.1 Å². The average Bonchev–Trinajstić information content (AvgIpc) is 2.93. The number of hydrogen-bond donors (Lipinski definition) is 2. The molecule has 9 heteroatoms. The summed E-state index contributed by atoms with van der Waals surface area (Å²) in [5.74, 6) is -2.72. The van der Waals surface area contributed by atoms with Gasteiger partial charge in [0.25, 0.3) is 13.3 Å². The molecule has 0 aliphatic carbocycles. The number of halogens is 3. The molecule has 2 aromatic carbocycles. The number of fused-ring (bicyclic) bond motifs is 1. The first-order valence-corrected chi connectivity index (χ1v) is 9.59. The maximum atomic E-state index is 13.8. The SMILES string of the molecule is CCOP(=O)(c1cc(F)cc(F)c1)c1c(C(N)=O)[nH]c2ccc(Cl)cc12. The van der Waals surface area contributed by atoms with Gasteiger partial charge in [-0.3, -0.25) is 9.36 Å². The summed E-state index contributed by atoms with van der Waals surface area (Å²) in [4.78, 5) is 14.7. The molecule has 1 amide bonds. The summed E-state index contributed by atoms with van der Waals surface area (Å²) in [5, 5.41) is 0.365. The van der Waals surface area contributed by atoms with Gasteiger partial charge in [0.1, 0.15) is 17.3 Å². The molecule has 3 aromatic rings. The van der Waals surface area contributed by atoms with Gasteiger partial charge < -0.3 is 15.2 Å². The fourth-order valence-electron chi connectivity index (χ4n) is 2.79. The number of amides is 1. The maximum Gasteiger partial charge on any atom is 0.266 e. The minimum atomic E-state index is -4.06. The average molecular weight is 399 g/mol. The van der Waals surface area contributed by atoms with Crippen LogP contribution in [-0.2, 0) is 9.09 Å². The largest absolute Gasteiger partial charge is 0.364 e. The summed E-state index contributed by atoms with van der Waals surface area (Å²) in [7, 11) is -4.06. The van der Waals surface area contributed by atoms with Crippen LogP contribution >= 0.6 is 19.0 Å². The Morgan fingerprint density at radius 2 is 1.88 bits per heavy atom. The van der Waals surface area contributed by atoms with Crippen LogP contribution < -0.4 is 16.3 Å². The lowest BCUT2D eigenvalue weighted by atomic mass is 10.2. The van der Waals surface area contributed by atoms with Crippen LogP contribution in [0.1, 0.15) is 17.4 Å². The van der Waals surface area contributed by atoms with Crippen molar-refractivity contribution in [3.63, 3.8) is 0 Å². The molecule has 136 valence electrons. The first-order chi connectivity index (χ1) is 12.3. The molecule has 0 fully saturated rings. The predicted octanol–water partition coefficient (Wildman–Crippen LogP) is 3.46. The first kappa shape index (κ1) is 18.6. The van der Waals surface area contributed by atoms with Crippen molar-refractivity contribution in [3.8, 4) is 0 Å². The number of aromatic nitrogens is 1. The van der Waals surface area contributed by atoms with E-state index in [1.54, 1.807) is 19.1 Å². The van der Waals surface area contributed by atoms with Gasteiger partial charge in [-0.05, 0) is 37.3 Å². The minimum Gasteiger partial charge on any atom is -0.364 e. The number of rotatable bonds is 5. The van der Waals surface area contributed by atoms with Gasteiger partial charge in [0.05, 0.1) is 11.9 Å². The molecule has 1 heterocycles. The number of benzene rings is 2. The van der Waals surface area contributed by atoms with Gasteiger partial charge >= 0.3 is 0 Å². The van der Waals surface area contributed by atoms with E-state index in [1.165, 1.54) is 6.07 Å². The second-order valence-electron chi connectivity index (χ2n) is 5.50. The monoisotopic (exact) mass is 398 g/mol. The first-order valence-electron chi connectivity index (χ1n) is 7.59. The van der Waals surface area contributed by atoms with Crippen molar-refractivity contribution in [1.82, 2.24) is 4.98 Å². The fourth-order valence-corrected chi connectivity index (χ4v) is 5.41. The zero-order chi connectivity index (χ0) is 19.1. The van der Waals surface area contributed by atoms with Gasteiger partial charge in [0.15, 0.2) is 0 Å². The summed E-state index contributed by atoms with van der Waals surface area (Å²) in [6.07, 6.45) is 0. The van der Waals surface area contributed by atoms with Crippen LogP contribution in [0.2, 0.25) is 5.02 Å². The van der Waals surface area contributed by atoms with E-state index in [-0.39, 0.29) is 22.9 Å². The molecule has 0 spiro atoms. The Balaban J connectivity index is 2.42. The van der Waals surface area contributed by atoms with Crippen LogP contribution in [0.25, 0.3) is 10.9 Å². The Kier molecular flexibility index (Phi) is 4.88. The highest BCUT2D eigenvalue weighted by molar-refractivity contribution is 7.75. The second-order valence-corrected chi connectivity index (χ2v) is 8.26. The van der Waals surface area contributed by atoms with E-state index in [0.29, 0.717) is 22.0 Å². The van der Waals surface area contributed by atoms with Crippen molar-refractivity contribution in [2.45, 2.75) is 6.92 Å². The zero-order valence-corrected chi connectivity index (χ0v) is 15.2. The van der Waals surface area contributed by atoms with E-state index in [0.717, 1.165) is 12.1 Å². The fraction of sp³-hybridized carbons (Fsp3) is 0.118. The Bertz CT molecular complexity index is 1050. The van der Waals surface area contributed by atoms with Gasteiger partial charge in [-0.1, -0.05) is 11.6 Å². The molecule has 5 nitrogen and oxygen atoms in total. The molecule has 0 bridgehead atoms. The van der Waals surface area contributed by atoms with Gasteiger partial charge in [0.2, 0.25) is 0 Å². The van der Waals surface area contributed by atoms with Gasteiger partial charge in [-0.25, -0.2) is 8.78 Å². The normalized spacial score (nSPS) is 13.7. The summed E-state index contributed by atoms with van der Waals surface area (Å²) in [5.41, 5.74) is 5.70. The Hall–Kier alpha value is -2.21. The third-order valence-corrected chi connectivity index (χ3v) is 6.62. The predicted molar refractivity (Wildman–Crippen MR) is 96.7 cm³/mol. The van der Waals surface area contributed by atoms with Gasteiger partial charge in [-0.15, -0.1) is 0 Å². The number of carbonyl (C=O) groups excluding carboxylic acids is 1. The van der Waals surface area contributed by atoms with Crippen molar-refractivity contribution < 1.29 is 22.7 Å². The number of nitrogens with one attached hydrogen (secondary N) is 1. The van der Waals surface area contributed by atoms with Crippen LogP contribution in [0.3, 0.4) is 0 Å². The molecule has 3 rings (SSSR count). The minimum absolute atomic E-state index is 0.0269. The summed E-state index contributed by atoms with van der Waals surface area (Å²) in [6.45, 7) is 1.55. The van der Waals surface area contributed by atoms with Crippen LogP contribution in [0.15, 0.2) is 36.4 Å². The van der Waals surface area contributed by atoms with Crippen LogP contribution in [0.5, 0.6) is 0 Å². The lowest BCUT2D eigenvalue weighted by Crippen LogP contribution is -2.26. The molecule has 0 radical (unpaired) electrons. The van der Waals surface area contributed by atoms with Gasteiger partial charge in [-0.2, -0.15) is 0 Å². The van der Waals surface area contributed by atoms with Gasteiger partial charge in [0, 0.05) is 27.3 Å². The number of H-pyrrole nitrogens is 1. The van der Waals surface area contributed by atoms with Crippen LogP contribution in [0, 0.1) is 11.6 Å². The lowest BCUT2D eigenvalue weighted by Gasteiger charge is -2.19. The Morgan fingerprint density at radius 3 is 2.46 bits per heavy atom. The highest BCUT2D eigenvalue weighted by atomic mass is 35.5. The standard InChI is InChI=1S/C17H14ClF2N2O3P/c1-2-25-26(24,12-7-10(19)6-11(20)8-12)16-13-5-9(18)3-4-14(13)22-15(16)17(21)23/h3-8,22H,2H2,1H3,(H2,21,23). The molecule has 1 aromatic heterocycles. The molecule has 3 N–H and O–H groups in total. The topological polar surface area (TPSA) is 85.2 Å². The molecule has 0 aliphatic rings. The van der Waals surface area contributed by atoms with Crippen molar-refractivity contribution in [2.75, 3.05) is 6.61 Å². The molecule has 1 atom stereocenters. The van der Waals surface area contributed by atoms with E-state index in [4.69, 9.17) is 21.9 Å². The third-order valence-electron chi connectivity index (χ3n) is 3.77. The van der Waals surface area contributed by atoms with Crippen molar-refractivity contribution in [3.05, 3.63) is 58.7 Å². The van der Waals surface area contributed by atoms with Crippen molar-refractivity contribution >= 4 is 46.4 Å². The second kappa shape index (κ2) is 6.83. The molecule has 26 heavy (non-hydrogen) atoms. The van der Waals surface area contributed by atoms with E-state index in [1.807, 2.05) is 0 Å². The Morgan fingerprint density at radius 1 is 1.23 bits per heavy atom. The van der Waals surface area contributed by atoms with Crippen LogP contribution in [-0.4, -0.2) is 17.5 Å². The van der Waals surface area contributed by atoms with Crippen molar-refractivity contribution in [2.24, 2.45) is 5.73 Å². The number of carbonyl (C=O) groups is 1. The molecule has 0 saturated heterocycles. The number of nitrogens with two attached hydrogens (primary N) is 1. The number of primary amides is 1. The maximum absolute atomic E-state index is 13.8. The summed E-state index contributed by atoms with van der Waals surface area (Å²) >= 11 is 6.02. The summed E-state index contributed by atoms with van der Waals surface area (Å²) in [6, 6.07) is 7.11. The summed E-state index contributed by atoms with van der Waals surface area (Å²) < 4.78 is 46.7. The molecular formula is C17H14ClF2N2O3P. The Labute approximate surface area is 152 Å². The van der Waals surface area contributed by atoms with E-state index in [2.05, 4.69) is 4.98 Å². The third kappa shape index (κ3) is 3.14. The lowest BCUT2D eigenvalue weighted by molar-refractivity contribution is 0.0997. The van der Waals surface area contributed by atoms with E-state index < -0.39 is 24.9 Å². The van der Waals surface area contributed by atoms with Crippen LogP contribution in [0.4, 0.5) is 8.78 Å². The quantitative estimate of drug-likeness (QED) is 0.645. The number of aromatic amines is 1. The zero-order valence-electron chi connectivity index (χ0n) is 13.6. The smallest absolute Gasteiger partial charge is 0.266 e. The van der Waals surface area contributed by atoms with E-state index >= 15 is 0 Å². The molecular weight excluding hydrogens is 385 g/mol. The number of hydrogen-bond acceptors (Lipinski definition) is 3. The molecule has 0 saturated carbocycles. The highest BCUT2D eigenvalue weighted by Crippen LogP contribution is 2.48. The molecule has 1 unspecified atom stereocenters. The van der Waals surface area contributed by atoms with Crippen molar-refractivity contribution in [1.29, 1.82) is 0 Å². The molecule has 0 aliphatic heterocycles. The highest BCUT2D eigenvalue weighted by Gasteiger charge is 2.36.